The molecule has 8 nitrogen and oxygen atoms in total. The van der Waals surface area contributed by atoms with Crippen LogP contribution in [0.3, 0.4) is 0 Å². The van der Waals surface area contributed by atoms with Crippen molar-refractivity contribution in [2.75, 3.05) is 12.4 Å². The van der Waals surface area contributed by atoms with Crippen LogP contribution >= 0.6 is 11.6 Å². The molecule has 33 heavy (non-hydrogen) atoms. The molecule has 0 saturated heterocycles. The molecule has 0 atom stereocenters. The summed E-state index contributed by atoms with van der Waals surface area (Å²) in [5.74, 6) is 0. The quantitative estimate of drug-likeness (QED) is 0.419. The lowest BCUT2D eigenvalue weighted by molar-refractivity contribution is 0.698. The molecule has 0 fully saturated rings. The normalized spacial score (nSPS) is 11.2. The van der Waals surface area contributed by atoms with Crippen molar-refractivity contribution in [1.29, 1.82) is 0 Å². The molecule has 0 bridgehead atoms. The number of aryl methyl sites for hydroxylation is 1. The Morgan fingerprint density at radius 2 is 1.88 bits per heavy atom. The third kappa shape index (κ3) is 3.64. The fourth-order valence-corrected chi connectivity index (χ4v) is 4.25. The molecule has 0 aliphatic rings. The average molecular weight is 461 g/mol. The lowest BCUT2D eigenvalue weighted by atomic mass is 10.1. The van der Waals surface area contributed by atoms with Gasteiger partial charge in [-0.3, -0.25) is 19.4 Å². The number of nitrogens with one attached hydrogen (secondary N) is 2. The number of anilines is 1. The Balaban J connectivity index is 1.85. The molecule has 2 aromatic carbocycles. The van der Waals surface area contributed by atoms with Crippen LogP contribution in [0.1, 0.15) is 5.69 Å². The van der Waals surface area contributed by atoms with Gasteiger partial charge in [-0.1, -0.05) is 35.9 Å². The Morgan fingerprint density at radius 1 is 1.06 bits per heavy atom. The minimum absolute atomic E-state index is 0.228. The first-order chi connectivity index (χ1) is 16.0. The number of aromatic amines is 1. The maximum Gasteiger partial charge on any atom is 0.281 e. The van der Waals surface area contributed by atoms with Gasteiger partial charge in [-0.25, -0.2) is 4.68 Å². The Kier molecular flexibility index (Phi) is 5.14. The maximum atomic E-state index is 13.7. The van der Waals surface area contributed by atoms with Gasteiger partial charge in [-0.15, -0.1) is 0 Å². The van der Waals surface area contributed by atoms with E-state index in [1.165, 1.54) is 10.7 Å². The third-order valence-corrected chi connectivity index (χ3v) is 5.89. The van der Waals surface area contributed by atoms with Crippen LogP contribution in [0, 0.1) is 0 Å². The summed E-state index contributed by atoms with van der Waals surface area (Å²) >= 11 is 6.36. The van der Waals surface area contributed by atoms with Crippen LogP contribution in [-0.2, 0) is 13.6 Å². The number of para-hydroxylation sites is 1. The number of hydrogen-bond acceptors (Lipinski definition) is 4. The van der Waals surface area contributed by atoms with E-state index in [2.05, 4.69) is 15.5 Å². The highest BCUT2D eigenvalue weighted by molar-refractivity contribution is 6.32. The molecule has 0 aliphatic carbocycles. The third-order valence-electron chi connectivity index (χ3n) is 5.57. The van der Waals surface area contributed by atoms with Gasteiger partial charge in [-0.05, 0) is 30.3 Å². The van der Waals surface area contributed by atoms with Crippen LogP contribution in [0.2, 0.25) is 5.02 Å². The van der Waals surface area contributed by atoms with E-state index in [0.29, 0.717) is 33.0 Å². The monoisotopic (exact) mass is 460 g/mol. The molecule has 5 rings (SSSR count). The fourth-order valence-electron chi connectivity index (χ4n) is 4.03. The second-order valence-corrected chi connectivity index (χ2v) is 8.13. The van der Waals surface area contributed by atoms with E-state index in [1.54, 1.807) is 33.5 Å². The highest BCUT2D eigenvalue weighted by atomic mass is 35.5. The number of rotatable bonds is 5. The zero-order valence-electron chi connectivity index (χ0n) is 18.0. The number of halogens is 1. The zero-order chi connectivity index (χ0) is 23.1. The molecule has 0 amide bonds. The van der Waals surface area contributed by atoms with Crippen molar-refractivity contribution in [2.24, 2.45) is 7.05 Å². The molecule has 2 N–H and O–H groups in total. The van der Waals surface area contributed by atoms with Crippen molar-refractivity contribution in [2.45, 2.75) is 6.54 Å². The molecular weight excluding hydrogens is 440 g/mol. The first-order valence-electron chi connectivity index (χ1n) is 10.4. The van der Waals surface area contributed by atoms with Crippen molar-refractivity contribution in [3.8, 4) is 16.9 Å². The lowest BCUT2D eigenvalue weighted by Gasteiger charge is -2.14. The van der Waals surface area contributed by atoms with Crippen LogP contribution in [0.15, 0.2) is 76.4 Å². The van der Waals surface area contributed by atoms with E-state index in [9.17, 15) is 9.59 Å². The Labute approximate surface area is 193 Å². The summed E-state index contributed by atoms with van der Waals surface area (Å²) in [6.45, 7) is 0.228. The minimum Gasteiger partial charge on any atom is -0.388 e. The largest absolute Gasteiger partial charge is 0.388 e. The number of fused-ring (bicyclic) bond motifs is 1. The van der Waals surface area contributed by atoms with Gasteiger partial charge in [0.2, 0.25) is 0 Å². The summed E-state index contributed by atoms with van der Waals surface area (Å²) in [4.78, 5) is 26.9. The summed E-state index contributed by atoms with van der Waals surface area (Å²) in [5.41, 5.74) is 3.25. The molecule has 0 spiro atoms. The van der Waals surface area contributed by atoms with E-state index in [4.69, 9.17) is 11.6 Å². The van der Waals surface area contributed by atoms with Crippen molar-refractivity contribution in [3.63, 3.8) is 0 Å². The van der Waals surface area contributed by atoms with Crippen LogP contribution in [0.25, 0.3) is 27.8 Å². The number of benzene rings is 2. The standard InChI is InChI=1S/C24H21ClN6O2/c1-26-16-7-5-6-15(12-16)23-22-19(13-21(32)30(23)14-17-10-11-29(2)27-17)28-31(24(22)33)20-9-4-3-8-18(20)25/h3-13,26,28H,14H2,1-2H3. The van der Waals surface area contributed by atoms with E-state index < -0.39 is 0 Å². The summed E-state index contributed by atoms with van der Waals surface area (Å²) in [7, 11) is 3.64. The molecule has 0 radical (unpaired) electrons. The van der Waals surface area contributed by atoms with Crippen molar-refractivity contribution in [1.82, 2.24) is 24.1 Å². The Hall–Kier alpha value is -4.04. The predicted octanol–water partition coefficient (Wildman–Crippen LogP) is 3.62. The fraction of sp³-hybridized carbons (Fsp3) is 0.125. The Morgan fingerprint density at radius 3 is 2.61 bits per heavy atom. The highest BCUT2D eigenvalue weighted by Gasteiger charge is 2.21. The number of H-pyrrole nitrogens is 1. The predicted molar refractivity (Wildman–Crippen MR) is 130 cm³/mol. The SMILES string of the molecule is CNc1cccc(-c2c3c(=O)n(-c4ccccc4Cl)[nH]c3cc(=O)n2Cc2ccn(C)n2)c1. The highest BCUT2D eigenvalue weighted by Crippen LogP contribution is 2.28. The summed E-state index contributed by atoms with van der Waals surface area (Å²) in [6.07, 6.45) is 1.82. The van der Waals surface area contributed by atoms with Gasteiger partial charge in [0.15, 0.2) is 0 Å². The molecule has 166 valence electrons. The smallest absolute Gasteiger partial charge is 0.281 e. The number of hydrogen-bond donors (Lipinski definition) is 2. The summed E-state index contributed by atoms with van der Waals surface area (Å²) < 4.78 is 4.65. The second kappa shape index (κ2) is 8.14. The minimum atomic E-state index is -0.294. The van der Waals surface area contributed by atoms with Crippen molar-refractivity contribution < 1.29 is 0 Å². The summed E-state index contributed by atoms with van der Waals surface area (Å²) in [6, 6.07) is 18.0. The van der Waals surface area contributed by atoms with Gasteiger partial charge in [-0.2, -0.15) is 5.10 Å². The molecule has 3 heterocycles. The molecule has 0 saturated carbocycles. The van der Waals surface area contributed by atoms with E-state index in [0.717, 1.165) is 11.3 Å². The van der Waals surface area contributed by atoms with Crippen LogP contribution in [0.5, 0.6) is 0 Å². The van der Waals surface area contributed by atoms with Crippen LogP contribution in [-0.4, -0.2) is 31.2 Å². The van der Waals surface area contributed by atoms with Gasteiger partial charge >= 0.3 is 0 Å². The van der Waals surface area contributed by atoms with Gasteiger partial charge in [0, 0.05) is 37.6 Å². The lowest BCUT2D eigenvalue weighted by Crippen LogP contribution is -2.24. The van der Waals surface area contributed by atoms with Gasteiger partial charge < -0.3 is 9.88 Å². The van der Waals surface area contributed by atoms with Gasteiger partial charge in [0.25, 0.3) is 11.1 Å². The van der Waals surface area contributed by atoms with Crippen molar-refractivity contribution in [3.05, 3.63) is 98.3 Å². The van der Waals surface area contributed by atoms with Crippen LogP contribution < -0.4 is 16.4 Å². The molecule has 5 aromatic rings. The average Bonchev–Trinajstić information content (AvgIpc) is 3.37. The molecular formula is C24H21ClN6O2. The zero-order valence-corrected chi connectivity index (χ0v) is 18.8. The van der Waals surface area contributed by atoms with Gasteiger partial charge in [0.1, 0.15) is 0 Å². The molecule has 3 aromatic heterocycles. The molecule has 9 heteroatoms. The number of nitrogens with zero attached hydrogens (tertiary/aromatic N) is 4. The Bertz CT molecular complexity index is 1610. The van der Waals surface area contributed by atoms with E-state index in [1.807, 2.05) is 50.6 Å². The number of aromatic nitrogens is 5. The van der Waals surface area contributed by atoms with Crippen molar-refractivity contribution >= 4 is 28.2 Å². The molecule has 0 unspecified atom stereocenters. The molecule has 0 aliphatic heterocycles. The van der Waals surface area contributed by atoms with Gasteiger partial charge in [0.05, 0.1) is 39.5 Å². The first kappa shape index (κ1) is 20.8. The maximum absolute atomic E-state index is 13.7. The van der Waals surface area contributed by atoms with Crippen LogP contribution in [0.4, 0.5) is 5.69 Å². The van der Waals surface area contributed by atoms with E-state index in [-0.39, 0.29) is 17.7 Å². The summed E-state index contributed by atoms with van der Waals surface area (Å²) in [5, 5.41) is 11.4. The number of pyridine rings is 1. The topological polar surface area (TPSA) is 89.6 Å². The van der Waals surface area contributed by atoms with E-state index >= 15 is 0 Å². The second-order valence-electron chi connectivity index (χ2n) is 7.72. The first-order valence-corrected chi connectivity index (χ1v) is 10.7.